The molecular weight excluding hydrogens is 340 g/mol. The molecule has 100 valence electrons. The number of ether oxygens (including phenoxy) is 1. The zero-order valence-corrected chi connectivity index (χ0v) is 11.9. The van der Waals surface area contributed by atoms with Gasteiger partial charge in [0.05, 0.1) is 4.47 Å². The average molecular weight is 349 g/mol. The molecule has 0 amide bonds. The number of halogens is 4. The van der Waals surface area contributed by atoms with E-state index >= 15 is 0 Å². The first-order valence-corrected chi connectivity index (χ1v) is 6.45. The maximum Gasteiger partial charge on any atom is 0.169 e. The predicted molar refractivity (Wildman–Crippen MR) is 74.3 cm³/mol. The van der Waals surface area contributed by atoms with Gasteiger partial charge in [0.25, 0.3) is 0 Å². The molecule has 2 nitrogen and oxygen atoms in total. The molecule has 0 spiro atoms. The summed E-state index contributed by atoms with van der Waals surface area (Å²) >= 11 is 9.02. The van der Waals surface area contributed by atoms with E-state index in [1.165, 1.54) is 0 Å². The lowest BCUT2D eigenvalue weighted by molar-refractivity contribution is 0.287. The van der Waals surface area contributed by atoms with Crippen molar-refractivity contribution in [2.24, 2.45) is 0 Å². The lowest BCUT2D eigenvalue weighted by Crippen LogP contribution is -2.00. The van der Waals surface area contributed by atoms with Gasteiger partial charge < -0.3 is 10.5 Å². The van der Waals surface area contributed by atoms with Crippen LogP contribution in [0.1, 0.15) is 5.56 Å². The Morgan fingerprint density at radius 2 is 1.95 bits per heavy atom. The molecule has 0 fully saturated rings. The molecule has 0 aromatic heterocycles. The van der Waals surface area contributed by atoms with E-state index in [0.717, 1.165) is 12.1 Å². The first-order valence-electron chi connectivity index (χ1n) is 5.28. The second-order valence-corrected chi connectivity index (χ2v) is 5.10. The van der Waals surface area contributed by atoms with Gasteiger partial charge in [0, 0.05) is 22.3 Å². The van der Waals surface area contributed by atoms with Crippen molar-refractivity contribution in [2.75, 3.05) is 5.73 Å². The van der Waals surface area contributed by atoms with Crippen LogP contribution in [0, 0.1) is 11.6 Å². The van der Waals surface area contributed by atoms with Crippen LogP contribution >= 0.6 is 27.5 Å². The van der Waals surface area contributed by atoms with Gasteiger partial charge in [0.15, 0.2) is 11.6 Å². The van der Waals surface area contributed by atoms with E-state index < -0.39 is 11.6 Å². The molecule has 2 N–H and O–H groups in total. The molecule has 2 aromatic rings. The second-order valence-electron chi connectivity index (χ2n) is 3.84. The predicted octanol–water partition coefficient (Wildman–Crippen LogP) is 4.54. The van der Waals surface area contributed by atoms with E-state index in [-0.39, 0.29) is 16.8 Å². The molecule has 0 radical (unpaired) electrons. The lowest BCUT2D eigenvalue weighted by atomic mass is 10.2. The van der Waals surface area contributed by atoms with E-state index in [9.17, 15) is 8.78 Å². The third kappa shape index (κ3) is 3.36. The number of benzene rings is 2. The maximum absolute atomic E-state index is 13.5. The van der Waals surface area contributed by atoms with Crippen LogP contribution in [-0.4, -0.2) is 0 Å². The summed E-state index contributed by atoms with van der Waals surface area (Å²) in [6, 6.07) is 6.82. The van der Waals surface area contributed by atoms with Gasteiger partial charge in [-0.3, -0.25) is 0 Å². The number of nitrogen functional groups attached to an aromatic ring is 1. The van der Waals surface area contributed by atoms with E-state index in [2.05, 4.69) is 15.9 Å². The Morgan fingerprint density at radius 3 is 2.58 bits per heavy atom. The molecule has 0 saturated carbocycles. The van der Waals surface area contributed by atoms with Crippen LogP contribution < -0.4 is 10.5 Å². The van der Waals surface area contributed by atoms with Crippen LogP contribution in [0.2, 0.25) is 5.02 Å². The summed E-state index contributed by atoms with van der Waals surface area (Å²) in [7, 11) is 0. The zero-order chi connectivity index (χ0) is 14.0. The number of rotatable bonds is 3. The largest absolute Gasteiger partial charge is 0.485 e. The first kappa shape index (κ1) is 14.1. The molecule has 2 aromatic carbocycles. The highest BCUT2D eigenvalue weighted by molar-refractivity contribution is 9.10. The van der Waals surface area contributed by atoms with Gasteiger partial charge in [0.2, 0.25) is 0 Å². The Kier molecular flexibility index (Phi) is 4.27. The van der Waals surface area contributed by atoms with Gasteiger partial charge in [-0.1, -0.05) is 17.7 Å². The minimum absolute atomic E-state index is 0.0558. The van der Waals surface area contributed by atoms with Gasteiger partial charge >= 0.3 is 0 Å². The van der Waals surface area contributed by atoms with Gasteiger partial charge in [-0.15, -0.1) is 0 Å². The molecule has 0 bridgehead atoms. The highest BCUT2D eigenvalue weighted by atomic mass is 79.9. The van der Waals surface area contributed by atoms with Crippen LogP contribution in [0.4, 0.5) is 14.5 Å². The second kappa shape index (κ2) is 5.75. The molecule has 0 aliphatic carbocycles. The fourth-order valence-corrected chi connectivity index (χ4v) is 2.26. The van der Waals surface area contributed by atoms with E-state index in [1.807, 2.05) is 0 Å². The van der Waals surface area contributed by atoms with Crippen LogP contribution in [0.15, 0.2) is 34.8 Å². The number of hydrogen-bond acceptors (Lipinski definition) is 2. The molecule has 6 heteroatoms. The molecule has 0 aliphatic heterocycles. The molecule has 0 aliphatic rings. The Morgan fingerprint density at radius 1 is 1.21 bits per heavy atom. The Balaban J connectivity index is 2.19. The average Bonchev–Trinajstić information content (AvgIpc) is 2.30. The van der Waals surface area contributed by atoms with Crippen molar-refractivity contribution in [1.29, 1.82) is 0 Å². The van der Waals surface area contributed by atoms with Crippen molar-refractivity contribution in [3.63, 3.8) is 0 Å². The minimum atomic E-state index is -0.779. The van der Waals surface area contributed by atoms with Crippen molar-refractivity contribution >= 4 is 33.2 Å². The van der Waals surface area contributed by atoms with Crippen LogP contribution in [0.3, 0.4) is 0 Å². The topological polar surface area (TPSA) is 35.2 Å². The van der Waals surface area contributed by atoms with Gasteiger partial charge in [-0.2, -0.15) is 0 Å². The summed E-state index contributed by atoms with van der Waals surface area (Å²) in [4.78, 5) is 0. The van der Waals surface area contributed by atoms with Crippen molar-refractivity contribution in [1.82, 2.24) is 0 Å². The fourth-order valence-electron chi connectivity index (χ4n) is 1.50. The Labute approximate surface area is 122 Å². The summed E-state index contributed by atoms with van der Waals surface area (Å²) < 4.78 is 32.0. The molecule has 0 saturated heterocycles. The third-order valence-corrected chi connectivity index (χ3v) is 3.35. The summed E-state index contributed by atoms with van der Waals surface area (Å²) in [6.07, 6.45) is 0. The Hall–Kier alpha value is -1.33. The third-order valence-electron chi connectivity index (χ3n) is 2.41. The number of hydrogen-bond donors (Lipinski definition) is 1. The van der Waals surface area contributed by atoms with Crippen LogP contribution in [-0.2, 0) is 6.61 Å². The summed E-state index contributed by atoms with van der Waals surface area (Å²) in [5.74, 6) is -1.52. The normalized spacial score (nSPS) is 10.5. The lowest BCUT2D eigenvalue weighted by Gasteiger charge is -2.11. The van der Waals surface area contributed by atoms with Crippen molar-refractivity contribution in [3.05, 3.63) is 57.0 Å². The molecule has 0 unspecified atom stereocenters. The van der Waals surface area contributed by atoms with Crippen molar-refractivity contribution in [3.8, 4) is 5.75 Å². The maximum atomic E-state index is 13.5. The molecular formula is C13H9BrClF2NO. The van der Waals surface area contributed by atoms with Crippen molar-refractivity contribution < 1.29 is 13.5 Å². The molecule has 0 heterocycles. The fraction of sp³-hybridized carbons (Fsp3) is 0.0769. The Bertz CT molecular complexity index is 599. The molecule has 0 atom stereocenters. The highest BCUT2D eigenvalue weighted by Crippen LogP contribution is 2.30. The minimum Gasteiger partial charge on any atom is -0.485 e. The van der Waals surface area contributed by atoms with E-state index in [1.54, 1.807) is 18.2 Å². The highest BCUT2D eigenvalue weighted by Gasteiger charge is 2.12. The van der Waals surface area contributed by atoms with Crippen LogP contribution in [0.5, 0.6) is 5.75 Å². The zero-order valence-electron chi connectivity index (χ0n) is 9.59. The standard InChI is InChI=1S/C13H9BrClF2NO/c14-10-3-8(16)4-12(17)13(10)19-6-7-1-2-9(18)5-11(7)15/h1-5H,6,18H2. The van der Waals surface area contributed by atoms with Gasteiger partial charge in [0.1, 0.15) is 12.4 Å². The quantitative estimate of drug-likeness (QED) is 0.826. The SMILES string of the molecule is Nc1ccc(COc2c(F)cc(F)cc2Br)c(Cl)c1. The van der Waals surface area contributed by atoms with Crippen LogP contribution in [0.25, 0.3) is 0 Å². The summed E-state index contributed by atoms with van der Waals surface area (Å²) in [5.41, 5.74) is 6.75. The number of nitrogens with two attached hydrogens (primary N) is 1. The van der Waals surface area contributed by atoms with Gasteiger partial charge in [-0.05, 0) is 34.1 Å². The van der Waals surface area contributed by atoms with E-state index in [0.29, 0.717) is 16.3 Å². The summed E-state index contributed by atoms with van der Waals surface area (Å²) in [5, 5.41) is 0.429. The number of anilines is 1. The summed E-state index contributed by atoms with van der Waals surface area (Å²) in [6.45, 7) is 0.0558. The monoisotopic (exact) mass is 347 g/mol. The molecule has 19 heavy (non-hydrogen) atoms. The van der Waals surface area contributed by atoms with E-state index in [4.69, 9.17) is 22.1 Å². The molecule has 2 rings (SSSR count). The smallest absolute Gasteiger partial charge is 0.169 e. The van der Waals surface area contributed by atoms with Gasteiger partial charge in [-0.25, -0.2) is 8.78 Å². The van der Waals surface area contributed by atoms with Crippen molar-refractivity contribution in [2.45, 2.75) is 6.61 Å². The first-order chi connectivity index (χ1) is 8.97.